The third-order valence-corrected chi connectivity index (χ3v) is 13.6. The lowest BCUT2D eigenvalue weighted by molar-refractivity contribution is 0.0702. The molecule has 3 heterocycles. The highest BCUT2D eigenvalue weighted by Crippen LogP contribution is 2.55. The smallest absolute Gasteiger partial charge is 0.164 e. The van der Waals surface area contributed by atoms with Gasteiger partial charge in [0.2, 0.25) is 0 Å². The molecule has 0 spiro atoms. The molecule has 0 N–H and O–H groups in total. The van der Waals surface area contributed by atoms with Crippen molar-refractivity contribution in [3.8, 4) is 45.9 Å². The maximum atomic E-state index is 9.46. The van der Waals surface area contributed by atoms with Crippen molar-refractivity contribution < 1.29 is 4.42 Å². The molecule has 0 saturated heterocycles. The van der Waals surface area contributed by atoms with E-state index in [0.29, 0.717) is 23.0 Å². The molecule has 1 unspecified atom stereocenters. The molecule has 8 aromatic rings. The molecule has 58 heavy (non-hydrogen) atoms. The summed E-state index contributed by atoms with van der Waals surface area (Å²) in [5.41, 5.74) is 11.6. The third kappa shape index (κ3) is 5.78. The van der Waals surface area contributed by atoms with Gasteiger partial charge in [0.1, 0.15) is 11.2 Å². The van der Waals surface area contributed by atoms with Crippen molar-refractivity contribution >= 4 is 38.9 Å². The summed E-state index contributed by atoms with van der Waals surface area (Å²) >= 11 is 0. The standard InChI is InChI=1S/C52H45N5O/c1-3-33-25-35-24-32(2)28-52(29-33,30-35)39-18-14-36(15-19-39)49-54-50(56-51(55-49)38-16-22-43-42-9-5-7-11-47(42)58-48(43)27-38)37-17-23-46-44(26-37)41-8-4-6-10-45(41)57(46)40-20-12-34(31-53)13-21-40/h4-5,7-9,11-23,26-27,32-33,35H,3,6,10,24-25,28-30H2,1-2H3/t32-,33+,35-,52?/m0/s1. The molecule has 3 aliphatic carbocycles. The number of nitriles is 1. The Morgan fingerprint density at radius 1 is 0.741 bits per heavy atom. The Kier molecular flexibility index (Phi) is 8.22. The van der Waals surface area contributed by atoms with E-state index in [-0.39, 0.29) is 5.41 Å². The monoisotopic (exact) mass is 755 g/mol. The number of hydrogen-bond acceptors (Lipinski definition) is 5. The van der Waals surface area contributed by atoms with Crippen LogP contribution in [0.5, 0.6) is 0 Å². The molecule has 3 aliphatic rings. The minimum absolute atomic E-state index is 0.258. The highest BCUT2D eigenvalue weighted by Gasteiger charge is 2.45. The quantitative estimate of drug-likeness (QED) is 0.169. The van der Waals surface area contributed by atoms with Crippen molar-refractivity contribution in [2.75, 3.05) is 0 Å². The molecule has 4 atom stereocenters. The summed E-state index contributed by atoms with van der Waals surface area (Å²) in [6.07, 6.45) is 14.4. The number of fused-ring (bicyclic) bond motifs is 8. The molecule has 0 radical (unpaired) electrons. The Labute approximate surface area is 338 Å². The summed E-state index contributed by atoms with van der Waals surface area (Å²) in [5.74, 6) is 4.31. The average molecular weight is 756 g/mol. The molecule has 284 valence electrons. The Morgan fingerprint density at radius 3 is 2.26 bits per heavy atom. The molecule has 2 saturated carbocycles. The number of furan rings is 1. The maximum absolute atomic E-state index is 9.46. The number of benzene rings is 5. The summed E-state index contributed by atoms with van der Waals surface area (Å²) in [6.45, 7) is 4.84. The van der Waals surface area contributed by atoms with Gasteiger partial charge in [0.25, 0.3) is 0 Å². The van der Waals surface area contributed by atoms with Crippen molar-refractivity contribution in [3.63, 3.8) is 0 Å². The number of allylic oxidation sites excluding steroid dienone is 1. The van der Waals surface area contributed by atoms with Gasteiger partial charge in [-0.15, -0.1) is 0 Å². The predicted octanol–water partition coefficient (Wildman–Crippen LogP) is 13.0. The fourth-order valence-corrected chi connectivity index (χ4v) is 11.1. The molecule has 11 rings (SSSR count). The van der Waals surface area contributed by atoms with Crippen molar-refractivity contribution in [1.29, 1.82) is 5.26 Å². The number of hydrogen-bond donors (Lipinski definition) is 0. The lowest BCUT2D eigenvalue weighted by atomic mass is 9.54. The van der Waals surface area contributed by atoms with Crippen LogP contribution in [0.25, 0.3) is 78.8 Å². The van der Waals surface area contributed by atoms with E-state index < -0.39 is 0 Å². The molecule has 5 aromatic carbocycles. The van der Waals surface area contributed by atoms with E-state index in [4.69, 9.17) is 19.4 Å². The van der Waals surface area contributed by atoms with Gasteiger partial charge in [-0.3, -0.25) is 0 Å². The molecule has 3 aromatic heterocycles. The zero-order valence-corrected chi connectivity index (χ0v) is 33.1. The zero-order valence-electron chi connectivity index (χ0n) is 33.1. The number of rotatable bonds is 6. The Bertz CT molecular complexity index is 2960. The van der Waals surface area contributed by atoms with E-state index in [1.165, 1.54) is 55.3 Å². The normalized spacial score (nSPS) is 21.4. The van der Waals surface area contributed by atoms with Gasteiger partial charge in [-0.1, -0.05) is 81.0 Å². The van der Waals surface area contributed by atoms with Gasteiger partial charge in [-0.05, 0) is 134 Å². The summed E-state index contributed by atoms with van der Waals surface area (Å²) < 4.78 is 8.67. The van der Waals surface area contributed by atoms with Crippen LogP contribution in [0, 0.1) is 29.1 Å². The predicted molar refractivity (Wildman–Crippen MR) is 234 cm³/mol. The van der Waals surface area contributed by atoms with Crippen molar-refractivity contribution in [2.45, 2.75) is 70.6 Å². The lowest BCUT2D eigenvalue weighted by Crippen LogP contribution is -2.42. The first kappa shape index (κ1) is 34.9. The van der Waals surface area contributed by atoms with Crippen LogP contribution in [0.1, 0.15) is 81.2 Å². The fraction of sp³-hybridized carbons (Fsp3) is 0.269. The molecular formula is C52H45N5O. The average Bonchev–Trinajstić information content (AvgIpc) is 3.81. The first-order valence-electron chi connectivity index (χ1n) is 21.1. The van der Waals surface area contributed by atoms with E-state index in [1.54, 1.807) is 0 Å². The van der Waals surface area contributed by atoms with Gasteiger partial charge >= 0.3 is 0 Å². The van der Waals surface area contributed by atoms with Crippen molar-refractivity contribution in [3.05, 3.63) is 138 Å². The van der Waals surface area contributed by atoms with E-state index in [2.05, 4.69) is 103 Å². The molecule has 0 aliphatic heterocycles. The van der Waals surface area contributed by atoms with Crippen LogP contribution >= 0.6 is 0 Å². The molecule has 6 nitrogen and oxygen atoms in total. The number of nitrogens with zero attached hydrogens (tertiary/aromatic N) is 5. The largest absolute Gasteiger partial charge is 0.456 e. The summed E-state index contributed by atoms with van der Waals surface area (Å²) in [6, 6.07) is 40.4. The molecule has 2 bridgehead atoms. The van der Waals surface area contributed by atoms with Crippen LogP contribution in [-0.2, 0) is 11.8 Å². The highest BCUT2D eigenvalue weighted by molar-refractivity contribution is 6.05. The second-order valence-corrected chi connectivity index (χ2v) is 17.3. The van der Waals surface area contributed by atoms with E-state index in [0.717, 1.165) is 85.8 Å². The maximum Gasteiger partial charge on any atom is 0.164 e. The zero-order chi connectivity index (χ0) is 39.0. The van der Waals surface area contributed by atoms with Crippen LogP contribution in [0.4, 0.5) is 0 Å². The minimum atomic E-state index is 0.258. The molecular weight excluding hydrogens is 711 g/mol. The molecule has 6 heteroatoms. The van der Waals surface area contributed by atoms with Crippen LogP contribution in [0.15, 0.2) is 120 Å². The topological polar surface area (TPSA) is 80.5 Å². The van der Waals surface area contributed by atoms with E-state index in [1.807, 2.05) is 42.5 Å². The molecule has 0 amide bonds. The highest BCUT2D eigenvalue weighted by atomic mass is 16.3. The third-order valence-electron chi connectivity index (χ3n) is 13.6. The van der Waals surface area contributed by atoms with Gasteiger partial charge in [-0.2, -0.15) is 5.26 Å². The van der Waals surface area contributed by atoms with Crippen LogP contribution < -0.4 is 0 Å². The summed E-state index contributed by atoms with van der Waals surface area (Å²) in [7, 11) is 0. The van der Waals surface area contributed by atoms with E-state index in [9.17, 15) is 5.26 Å². The van der Waals surface area contributed by atoms with Gasteiger partial charge in [0.15, 0.2) is 17.5 Å². The van der Waals surface area contributed by atoms with Gasteiger partial charge < -0.3 is 8.98 Å². The first-order chi connectivity index (χ1) is 28.4. The first-order valence-corrected chi connectivity index (χ1v) is 21.1. The van der Waals surface area contributed by atoms with Crippen LogP contribution in [0.3, 0.4) is 0 Å². The summed E-state index contributed by atoms with van der Waals surface area (Å²) in [5, 5.41) is 12.8. The fourth-order valence-electron chi connectivity index (χ4n) is 11.1. The lowest BCUT2D eigenvalue weighted by Gasteiger charge is -2.51. The van der Waals surface area contributed by atoms with Gasteiger partial charge in [-0.25, -0.2) is 15.0 Å². The molecule has 2 fully saturated rings. The SMILES string of the molecule is CC[C@@H]1C[C@@H]2C[C@H](C)CC(c3ccc(-c4nc(-c5ccc6c(c5)oc5ccccc56)nc(-c5ccc6c(c5)c5c(n6-c6ccc(C#N)cc6)CCC=C5)n4)cc3)(C1)C2. The van der Waals surface area contributed by atoms with Crippen molar-refractivity contribution in [1.82, 2.24) is 19.5 Å². The Morgan fingerprint density at radius 2 is 1.47 bits per heavy atom. The number of aromatic nitrogens is 4. The van der Waals surface area contributed by atoms with Crippen molar-refractivity contribution in [2.24, 2.45) is 17.8 Å². The van der Waals surface area contributed by atoms with Crippen LogP contribution in [0.2, 0.25) is 0 Å². The Balaban J connectivity index is 1.05. The van der Waals surface area contributed by atoms with Crippen LogP contribution in [-0.4, -0.2) is 19.5 Å². The Hall–Kier alpha value is -6.32. The summed E-state index contributed by atoms with van der Waals surface area (Å²) in [4.78, 5) is 15.6. The van der Waals surface area contributed by atoms with E-state index >= 15 is 0 Å². The number of para-hydroxylation sites is 1. The second-order valence-electron chi connectivity index (χ2n) is 17.3. The van der Waals surface area contributed by atoms with Gasteiger partial charge in [0.05, 0.1) is 17.1 Å². The van der Waals surface area contributed by atoms with Gasteiger partial charge in [0, 0.05) is 49.8 Å². The second kappa shape index (κ2) is 13.7. The minimum Gasteiger partial charge on any atom is -0.456 e.